The molecule has 3 rings (SSSR count). The maximum atomic E-state index is 13.1. The lowest BCUT2D eigenvalue weighted by molar-refractivity contribution is 0.0601. The molecule has 0 unspecified atom stereocenters. The number of hydrogen-bond donors (Lipinski definition) is 1. The Morgan fingerprint density at radius 1 is 1.03 bits per heavy atom. The van der Waals surface area contributed by atoms with Gasteiger partial charge in [-0.15, -0.1) is 0 Å². The monoisotopic (exact) mass is 411 g/mol. The number of methoxy groups -OCH3 is 3. The van der Waals surface area contributed by atoms with E-state index < -0.39 is 11.9 Å². The second kappa shape index (κ2) is 8.64. The average Bonchev–Trinajstić information content (AvgIpc) is 2.78. The molecule has 0 bridgehead atoms. The lowest BCUT2D eigenvalue weighted by Crippen LogP contribution is -2.27. The van der Waals surface area contributed by atoms with E-state index in [4.69, 9.17) is 14.2 Å². The topological polar surface area (TPSA) is 109 Å². The molecule has 0 aliphatic rings. The minimum absolute atomic E-state index is 0.0534. The molecular formula is C21H21N3O6. The molecule has 156 valence electrons. The van der Waals surface area contributed by atoms with Crippen LogP contribution in [-0.4, -0.2) is 43.0 Å². The van der Waals surface area contributed by atoms with Gasteiger partial charge in [0.1, 0.15) is 0 Å². The molecule has 0 aliphatic carbocycles. The summed E-state index contributed by atoms with van der Waals surface area (Å²) < 4.78 is 16.5. The quantitative estimate of drug-likeness (QED) is 0.621. The predicted octanol–water partition coefficient (Wildman–Crippen LogP) is 2.47. The third-order valence-corrected chi connectivity index (χ3v) is 4.56. The van der Waals surface area contributed by atoms with E-state index in [-0.39, 0.29) is 22.5 Å². The number of nitrogens with zero attached hydrogens (tertiary/aromatic N) is 2. The van der Waals surface area contributed by atoms with Gasteiger partial charge in [-0.1, -0.05) is 18.2 Å². The third kappa shape index (κ3) is 3.69. The van der Waals surface area contributed by atoms with Crippen LogP contribution >= 0.6 is 0 Å². The fraction of sp³-hybridized carbons (Fsp3) is 0.238. The number of nitrogens with one attached hydrogen (secondary N) is 1. The maximum absolute atomic E-state index is 13.1. The SMILES string of the molecule is CCn1nc(C(=O)Nc2cc(OC)c(OC)cc2C(=O)OC)c2ccccc2c1=O. The second-order valence-corrected chi connectivity index (χ2v) is 6.21. The van der Waals surface area contributed by atoms with Gasteiger partial charge in [-0.3, -0.25) is 9.59 Å². The van der Waals surface area contributed by atoms with Crippen LogP contribution in [0.4, 0.5) is 5.69 Å². The molecule has 30 heavy (non-hydrogen) atoms. The second-order valence-electron chi connectivity index (χ2n) is 6.21. The third-order valence-electron chi connectivity index (χ3n) is 4.56. The van der Waals surface area contributed by atoms with E-state index in [1.54, 1.807) is 31.2 Å². The molecule has 0 aliphatic heterocycles. The number of rotatable bonds is 6. The Hall–Kier alpha value is -3.88. The first-order chi connectivity index (χ1) is 14.4. The Bertz CT molecular complexity index is 1190. The van der Waals surface area contributed by atoms with Crippen molar-refractivity contribution in [3.05, 3.63) is 58.0 Å². The van der Waals surface area contributed by atoms with Crippen LogP contribution in [0.2, 0.25) is 0 Å². The van der Waals surface area contributed by atoms with Crippen molar-refractivity contribution in [2.45, 2.75) is 13.5 Å². The highest BCUT2D eigenvalue weighted by Crippen LogP contribution is 2.34. The summed E-state index contributed by atoms with van der Waals surface area (Å²) >= 11 is 0. The normalized spacial score (nSPS) is 10.5. The van der Waals surface area contributed by atoms with Crippen molar-refractivity contribution in [3.63, 3.8) is 0 Å². The van der Waals surface area contributed by atoms with E-state index in [1.165, 1.54) is 38.1 Å². The van der Waals surface area contributed by atoms with E-state index in [2.05, 4.69) is 10.4 Å². The Morgan fingerprint density at radius 2 is 1.67 bits per heavy atom. The lowest BCUT2D eigenvalue weighted by Gasteiger charge is -2.15. The van der Waals surface area contributed by atoms with Gasteiger partial charge in [0.05, 0.1) is 38.0 Å². The smallest absolute Gasteiger partial charge is 0.340 e. The van der Waals surface area contributed by atoms with E-state index in [9.17, 15) is 14.4 Å². The minimum atomic E-state index is -0.664. The molecule has 0 atom stereocenters. The van der Waals surface area contributed by atoms with Crippen molar-refractivity contribution in [1.29, 1.82) is 0 Å². The molecule has 0 fully saturated rings. The largest absolute Gasteiger partial charge is 0.493 e. The number of ether oxygens (including phenoxy) is 3. The highest BCUT2D eigenvalue weighted by Gasteiger charge is 2.22. The van der Waals surface area contributed by atoms with Crippen LogP contribution in [-0.2, 0) is 11.3 Å². The first-order valence-electron chi connectivity index (χ1n) is 9.10. The standard InChI is InChI=1S/C21H21N3O6/c1-5-24-20(26)13-9-7-6-8-12(13)18(23-24)19(25)22-15-11-17(29-3)16(28-2)10-14(15)21(27)30-4/h6-11H,5H2,1-4H3,(H,22,25). The fourth-order valence-electron chi connectivity index (χ4n) is 3.06. The molecule has 1 aromatic heterocycles. The molecule has 1 N–H and O–H groups in total. The van der Waals surface area contributed by atoms with Gasteiger partial charge in [0, 0.05) is 24.1 Å². The summed E-state index contributed by atoms with van der Waals surface area (Å²) in [5, 5.41) is 7.67. The number of aromatic nitrogens is 2. The first kappa shape index (κ1) is 20.8. The number of carbonyl (C=O) groups is 2. The zero-order valence-electron chi connectivity index (χ0n) is 17.0. The van der Waals surface area contributed by atoms with Crippen LogP contribution in [0.25, 0.3) is 10.8 Å². The number of anilines is 1. The number of carbonyl (C=O) groups excluding carboxylic acids is 2. The van der Waals surface area contributed by atoms with Crippen molar-refractivity contribution in [2.24, 2.45) is 0 Å². The zero-order valence-corrected chi connectivity index (χ0v) is 17.0. The van der Waals surface area contributed by atoms with Gasteiger partial charge in [-0.25, -0.2) is 9.48 Å². The van der Waals surface area contributed by atoms with Crippen LogP contribution < -0.4 is 20.3 Å². The first-order valence-corrected chi connectivity index (χ1v) is 9.10. The van der Waals surface area contributed by atoms with Gasteiger partial charge in [0.2, 0.25) is 0 Å². The fourth-order valence-corrected chi connectivity index (χ4v) is 3.06. The summed E-state index contributed by atoms with van der Waals surface area (Å²) in [4.78, 5) is 37.9. The van der Waals surface area contributed by atoms with Gasteiger partial charge in [0.15, 0.2) is 17.2 Å². The van der Waals surface area contributed by atoms with Crippen molar-refractivity contribution in [1.82, 2.24) is 9.78 Å². The highest BCUT2D eigenvalue weighted by atomic mass is 16.5. The minimum Gasteiger partial charge on any atom is -0.493 e. The molecule has 0 saturated carbocycles. The van der Waals surface area contributed by atoms with Crippen molar-refractivity contribution in [2.75, 3.05) is 26.6 Å². The van der Waals surface area contributed by atoms with Crippen molar-refractivity contribution >= 4 is 28.3 Å². The molecule has 3 aromatic rings. The molecule has 1 heterocycles. The van der Waals surface area contributed by atoms with Crippen molar-refractivity contribution < 1.29 is 23.8 Å². The average molecular weight is 411 g/mol. The lowest BCUT2D eigenvalue weighted by atomic mass is 10.1. The summed E-state index contributed by atoms with van der Waals surface area (Å²) in [5.74, 6) is -0.635. The molecule has 2 aromatic carbocycles. The number of fused-ring (bicyclic) bond motifs is 1. The highest BCUT2D eigenvalue weighted by molar-refractivity contribution is 6.13. The molecule has 0 radical (unpaired) electrons. The summed E-state index contributed by atoms with van der Waals surface area (Å²) in [5.41, 5.74) is 0.00455. The Balaban J connectivity index is 2.14. The van der Waals surface area contributed by atoms with Crippen LogP contribution in [0.1, 0.15) is 27.8 Å². The molecule has 9 heteroatoms. The van der Waals surface area contributed by atoms with E-state index >= 15 is 0 Å². The van der Waals surface area contributed by atoms with Crippen LogP contribution in [0.15, 0.2) is 41.2 Å². The number of amides is 1. The van der Waals surface area contributed by atoms with Crippen molar-refractivity contribution in [3.8, 4) is 11.5 Å². The molecule has 0 saturated heterocycles. The molecule has 1 amide bonds. The Kier molecular flexibility index (Phi) is 6.01. The van der Waals surface area contributed by atoms with Gasteiger partial charge in [-0.05, 0) is 13.0 Å². The van der Waals surface area contributed by atoms with E-state index in [0.717, 1.165) is 0 Å². The van der Waals surface area contributed by atoms with Crippen LogP contribution in [0.3, 0.4) is 0 Å². The number of benzene rings is 2. The Morgan fingerprint density at radius 3 is 2.27 bits per heavy atom. The molecular weight excluding hydrogens is 390 g/mol. The number of aryl methyl sites for hydroxylation is 1. The van der Waals surface area contributed by atoms with Crippen LogP contribution in [0.5, 0.6) is 11.5 Å². The Labute approximate surface area is 172 Å². The number of esters is 1. The maximum Gasteiger partial charge on any atom is 0.340 e. The predicted molar refractivity (Wildman–Crippen MR) is 111 cm³/mol. The molecule has 9 nitrogen and oxygen atoms in total. The van der Waals surface area contributed by atoms with Crippen LogP contribution in [0, 0.1) is 0 Å². The zero-order chi connectivity index (χ0) is 21.8. The van der Waals surface area contributed by atoms with Gasteiger partial charge < -0.3 is 19.5 Å². The summed E-state index contributed by atoms with van der Waals surface area (Å²) in [6, 6.07) is 9.59. The van der Waals surface area contributed by atoms with E-state index in [0.29, 0.717) is 28.8 Å². The molecule has 0 spiro atoms. The van der Waals surface area contributed by atoms with Gasteiger partial charge in [0.25, 0.3) is 11.5 Å². The summed E-state index contributed by atoms with van der Waals surface area (Å²) in [6.07, 6.45) is 0. The van der Waals surface area contributed by atoms with Gasteiger partial charge in [-0.2, -0.15) is 5.10 Å². The summed E-state index contributed by atoms with van der Waals surface area (Å²) in [7, 11) is 4.10. The van der Waals surface area contributed by atoms with E-state index in [1.807, 2.05) is 0 Å². The number of hydrogen-bond acceptors (Lipinski definition) is 7. The van der Waals surface area contributed by atoms with Gasteiger partial charge >= 0.3 is 5.97 Å². The summed E-state index contributed by atoms with van der Waals surface area (Å²) in [6.45, 7) is 2.06.